The second kappa shape index (κ2) is 34.1. The van der Waals surface area contributed by atoms with E-state index < -0.39 is 10.8 Å². The second-order valence-electron chi connectivity index (χ2n) is 38.3. The van der Waals surface area contributed by atoms with Crippen LogP contribution in [0.3, 0.4) is 0 Å². The third kappa shape index (κ3) is 13.5. The van der Waals surface area contributed by atoms with E-state index in [2.05, 4.69) is 431 Å². The van der Waals surface area contributed by atoms with Gasteiger partial charge in [-0.1, -0.05) is 461 Å². The van der Waals surface area contributed by atoms with Gasteiger partial charge in [0.15, 0.2) is 52.4 Å². The topological polar surface area (TPSA) is 129 Å². The molecule has 0 N–H and O–H groups in total. The van der Waals surface area contributed by atoms with Crippen molar-refractivity contribution in [3.05, 3.63) is 548 Å². The van der Waals surface area contributed by atoms with E-state index in [1.165, 1.54) is 33.4 Å². The molecular weight excluding hydrogens is 1790 g/mol. The number of hydrogen-bond acceptors (Lipinski definition) is 10. The number of furan rings is 1. The quantitative estimate of drug-likeness (QED) is 0.0922. The maximum atomic E-state index is 6.56. The van der Waals surface area contributed by atoms with Crippen molar-refractivity contribution in [2.75, 3.05) is 0 Å². The second-order valence-corrected chi connectivity index (χ2v) is 38.3. The van der Waals surface area contributed by atoms with E-state index in [0.29, 0.717) is 52.4 Å². The van der Waals surface area contributed by atoms with Crippen molar-refractivity contribution in [3.8, 4) is 192 Å². The highest BCUT2D eigenvalue weighted by Gasteiger charge is 2.53. The minimum Gasteiger partial charge on any atom is -0.456 e. The average molecular weight is 1870 g/mol. The highest BCUT2D eigenvalue weighted by atomic mass is 16.3. The van der Waals surface area contributed by atoms with Gasteiger partial charge < -0.3 is 4.42 Å². The molecule has 3 aliphatic carbocycles. The summed E-state index contributed by atoms with van der Waals surface area (Å²) in [5.74, 6) is 5.08. The number of para-hydroxylation sites is 1. The smallest absolute Gasteiger partial charge is 0.165 e. The Labute approximate surface area is 847 Å². The zero-order valence-corrected chi connectivity index (χ0v) is 79.4. The Morgan fingerprint density at radius 3 is 0.925 bits per heavy atom. The van der Waals surface area contributed by atoms with E-state index in [1.807, 2.05) is 72.8 Å². The maximum Gasteiger partial charge on any atom is 0.165 e. The Bertz CT molecular complexity index is 9740. The number of nitrogens with zero attached hydrogens (tertiary/aromatic N) is 9. The molecule has 3 aliphatic rings. The highest BCUT2D eigenvalue weighted by Crippen LogP contribution is 2.66. The summed E-state index contributed by atoms with van der Waals surface area (Å²) in [7, 11) is 0. The van der Waals surface area contributed by atoms with Crippen LogP contribution in [0.4, 0.5) is 0 Å². The lowest BCUT2D eigenvalue weighted by atomic mass is 9.67. The summed E-state index contributed by atoms with van der Waals surface area (Å²) >= 11 is 0. The molecule has 0 radical (unpaired) electrons. The van der Waals surface area contributed by atoms with Crippen molar-refractivity contribution < 1.29 is 4.42 Å². The van der Waals surface area contributed by atoms with Gasteiger partial charge in [-0.15, -0.1) is 0 Å². The van der Waals surface area contributed by atoms with E-state index in [-0.39, 0.29) is 0 Å². The first-order valence-corrected chi connectivity index (χ1v) is 49.9. The van der Waals surface area contributed by atoms with Gasteiger partial charge in [0, 0.05) is 60.8 Å². The van der Waals surface area contributed by atoms with Crippen molar-refractivity contribution in [3.63, 3.8) is 0 Å². The van der Waals surface area contributed by atoms with Gasteiger partial charge in [-0.2, -0.15) is 0 Å². The molecule has 682 valence electrons. The Morgan fingerprint density at radius 1 is 0.136 bits per heavy atom. The molecule has 0 saturated carbocycles. The van der Waals surface area contributed by atoms with Crippen LogP contribution in [0.5, 0.6) is 0 Å². The van der Waals surface area contributed by atoms with Gasteiger partial charge in [-0.05, 0) is 208 Å². The number of aromatic nitrogens is 9. The summed E-state index contributed by atoms with van der Waals surface area (Å²) in [6, 6.07) is 181. The summed E-state index contributed by atoms with van der Waals surface area (Å²) in [5, 5.41) is 8.40. The Morgan fingerprint density at radius 2 is 0.442 bits per heavy atom. The molecule has 0 aliphatic heterocycles. The molecule has 0 amide bonds. The van der Waals surface area contributed by atoms with E-state index in [4.69, 9.17) is 49.3 Å². The maximum absolute atomic E-state index is 6.56. The van der Waals surface area contributed by atoms with Crippen molar-refractivity contribution in [2.45, 2.75) is 10.8 Å². The molecule has 0 unspecified atom stereocenters. The van der Waals surface area contributed by atoms with E-state index in [0.717, 1.165) is 204 Å². The molecule has 10 heteroatoms. The zero-order valence-electron chi connectivity index (χ0n) is 79.4. The molecular formula is C137H83N9O. The minimum atomic E-state index is -0.837. The van der Waals surface area contributed by atoms with Gasteiger partial charge >= 0.3 is 0 Å². The van der Waals surface area contributed by atoms with Crippen molar-refractivity contribution >= 4 is 54.3 Å². The molecule has 0 atom stereocenters. The first-order valence-electron chi connectivity index (χ1n) is 49.9. The first-order chi connectivity index (χ1) is 72.9. The Hall–Kier alpha value is -19.6. The molecule has 4 heterocycles. The normalized spacial score (nSPS) is 12.7. The van der Waals surface area contributed by atoms with Crippen LogP contribution < -0.4 is 0 Å². The van der Waals surface area contributed by atoms with Crippen LogP contribution in [0.2, 0.25) is 0 Å². The molecule has 0 saturated heterocycles. The van der Waals surface area contributed by atoms with Crippen LogP contribution in [0.25, 0.3) is 246 Å². The van der Waals surface area contributed by atoms with Crippen molar-refractivity contribution in [1.82, 2.24) is 44.9 Å². The van der Waals surface area contributed by atoms with E-state index >= 15 is 0 Å². The van der Waals surface area contributed by atoms with Gasteiger partial charge in [0.05, 0.1) is 10.8 Å². The molecule has 4 aromatic heterocycles. The third-order valence-electron chi connectivity index (χ3n) is 30.4. The summed E-state index contributed by atoms with van der Waals surface area (Å²) in [6.07, 6.45) is 0. The van der Waals surface area contributed by atoms with Gasteiger partial charge in [0.1, 0.15) is 11.2 Å². The summed E-state index contributed by atoms with van der Waals surface area (Å²) in [6.45, 7) is 0. The fraction of sp³-hybridized carbons (Fsp3) is 0.0146. The fourth-order valence-electron chi connectivity index (χ4n) is 23.9. The number of fused-ring (bicyclic) bond motifs is 19. The van der Waals surface area contributed by atoms with E-state index in [9.17, 15) is 0 Å². The number of hydrogen-bond donors (Lipinski definition) is 0. The Balaban J connectivity index is 0.589. The lowest BCUT2D eigenvalue weighted by Crippen LogP contribution is -2.28. The standard InChI is InChI=1S/C137H83N9O/c1-7-38-87(39-8-1)127-138-128(88-40-9-2-10-41-88)143-134(142-127)126-102-56-24-21-37-86(102)69-76-111(126)109-61-34-65-118-123(109)113-81-93(72-78-116(113)137(118)114-62-28-25-57-104(114)105-58-26-29-63-115(105)137)91-46-31-48-96(79-91)132-140-130(90-44-13-4-14-45-90)144-135(146-132)125-101-55-23-20-36-85(101)68-75-110(125)108-60-33-64-117-122(108)112-77-70-94(82-119(112)136(117,98-50-15-5-16-51-98)99-52-17-6-18-53-99)92-47-32-49-97(80-92)131-139-129(89-42-11-3-12-43-89)141-133(145-131)124-100-54-22-19-35-84(100)67-73-103(124)95-71-74-107-106-59-27-30-66-120(106)147-121(107)83-95/h1-83H. The van der Waals surface area contributed by atoms with Crippen LogP contribution >= 0.6 is 0 Å². The van der Waals surface area contributed by atoms with E-state index in [1.54, 1.807) is 0 Å². The van der Waals surface area contributed by atoms with Crippen LogP contribution in [0.1, 0.15) is 44.5 Å². The predicted octanol–water partition coefficient (Wildman–Crippen LogP) is 33.6. The van der Waals surface area contributed by atoms with Gasteiger partial charge in [-0.25, -0.2) is 44.9 Å². The minimum absolute atomic E-state index is 0.534. The molecule has 22 aromatic carbocycles. The molecule has 1 spiro atoms. The van der Waals surface area contributed by atoms with Crippen molar-refractivity contribution in [1.29, 1.82) is 0 Å². The molecule has 26 aromatic rings. The number of benzene rings is 22. The zero-order chi connectivity index (χ0) is 96.8. The largest absolute Gasteiger partial charge is 0.456 e. The molecule has 0 fully saturated rings. The van der Waals surface area contributed by atoms with Crippen LogP contribution in [-0.2, 0) is 10.8 Å². The summed E-state index contributed by atoms with van der Waals surface area (Å²) in [5.41, 5.74) is 34.6. The Kier molecular flexibility index (Phi) is 19.6. The number of rotatable bonds is 16. The van der Waals surface area contributed by atoms with Gasteiger partial charge in [-0.3, -0.25) is 0 Å². The highest BCUT2D eigenvalue weighted by molar-refractivity contribution is 6.13. The van der Waals surface area contributed by atoms with Gasteiger partial charge in [0.25, 0.3) is 0 Å². The monoisotopic (exact) mass is 1870 g/mol. The SMILES string of the molecule is c1ccc(-c2nc(-c3cccc(-c4ccc5c(c4)C(c4ccccc4)(c4ccccc4)c4cccc(-c6ccc7ccccc7c6-c6nc(-c7ccccc7)nc(-c7cccc(-c8ccc9c(c8)-c8c(-c%10ccc%11ccccc%11c%10-c%10nc(-c%11ccccc%11)nc(-c%11ccccc%11)n%10)cccc8C98c9ccccc9-c9ccccc98)c7)n6)c4-5)c3)nc(-c3c(-c4ccc5c(c4)oc4ccccc45)ccc4ccccc34)n2)cc1. The first kappa shape index (κ1) is 84.3. The summed E-state index contributed by atoms with van der Waals surface area (Å²) in [4.78, 5) is 49.9. The lowest BCUT2D eigenvalue weighted by molar-refractivity contribution is 0.669. The fourth-order valence-corrected chi connectivity index (χ4v) is 23.9. The third-order valence-corrected chi connectivity index (χ3v) is 30.4. The molecule has 147 heavy (non-hydrogen) atoms. The lowest BCUT2D eigenvalue weighted by Gasteiger charge is -2.34. The van der Waals surface area contributed by atoms with Crippen molar-refractivity contribution in [2.24, 2.45) is 0 Å². The molecule has 29 rings (SSSR count). The predicted molar refractivity (Wildman–Crippen MR) is 596 cm³/mol. The molecule has 0 bridgehead atoms. The van der Waals surface area contributed by atoms with Crippen LogP contribution in [-0.4, -0.2) is 44.9 Å². The van der Waals surface area contributed by atoms with Crippen LogP contribution in [0.15, 0.2) is 508 Å². The molecule has 10 nitrogen and oxygen atoms in total. The average Bonchev–Trinajstić information content (AvgIpc) is 1.50. The van der Waals surface area contributed by atoms with Gasteiger partial charge in [0.2, 0.25) is 0 Å². The summed E-state index contributed by atoms with van der Waals surface area (Å²) < 4.78 is 6.56. The van der Waals surface area contributed by atoms with Crippen LogP contribution in [0, 0.1) is 0 Å².